The standard InChI is InChI=1S/C62H42N6/c1-3-55-57-39-53(35-37-61(57)67(59(55)4-2)47-13-7-5-8-14-47)65(49-27-19-43(41-63)20-28-49)51-31-23-45(24-32-51)46-25-33-52(34-26-46)66(50-29-21-44(42-64)22-30-50)54-36-38-62-58(40-54)56-17-11-12-18-60(56)68(62)48-15-9-6-10-16-48/h3-40H,1-2H2. The van der Waals surface area contributed by atoms with Crippen LogP contribution in [0, 0.1) is 22.7 Å². The van der Waals surface area contributed by atoms with Gasteiger partial charge in [0.25, 0.3) is 0 Å². The fourth-order valence-electron chi connectivity index (χ4n) is 9.56. The molecule has 0 bridgehead atoms. The molecule has 0 aliphatic rings. The van der Waals surface area contributed by atoms with Gasteiger partial charge in [0.1, 0.15) is 0 Å². The quantitative estimate of drug-likeness (QED) is 0.130. The van der Waals surface area contributed by atoms with Crippen molar-refractivity contribution in [3.8, 4) is 34.6 Å². The summed E-state index contributed by atoms with van der Waals surface area (Å²) < 4.78 is 4.55. The Labute approximate surface area is 395 Å². The molecule has 2 heterocycles. The topological polar surface area (TPSA) is 63.9 Å². The lowest BCUT2D eigenvalue weighted by Crippen LogP contribution is -2.10. The summed E-state index contributed by atoms with van der Waals surface area (Å²) in [5.74, 6) is 0. The van der Waals surface area contributed by atoms with Crippen molar-refractivity contribution in [2.75, 3.05) is 9.80 Å². The predicted octanol–water partition coefficient (Wildman–Crippen LogP) is 16.4. The summed E-state index contributed by atoms with van der Waals surface area (Å²) in [5.41, 5.74) is 16.6. The van der Waals surface area contributed by atoms with E-state index in [9.17, 15) is 10.5 Å². The lowest BCUT2D eigenvalue weighted by Gasteiger charge is -2.26. The van der Waals surface area contributed by atoms with Crippen LogP contribution in [-0.4, -0.2) is 9.13 Å². The van der Waals surface area contributed by atoms with Gasteiger partial charge in [-0.25, -0.2) is 0 Å². The van der Waals surface area contributed by atoms with Crippen molar-refractivity contribution in [1.29, 1.82) is 10.5 Å². The molecule has 68 heavy (non-hydrogen) atoms. The molecule has 0 saturated heterocycles. The van der Waals surface area contributed by atoms with E-state index in [0.29, 0.717) is 11.1 Å². The molecule has 0 fully saturated rings. The Kier molecular flexibility index (Phi) is 10.5. The number of benzene rings is 9. The van der Waals surface area contributed by atoms with Crippen molar-refractivity contribution in [2.24, 2.45) is 0 Å². The van der Waals surface area contributed by atoms with Crippen molar-refractivity contribution in [3.63, 3.8) is 0 Å². The Hall–Kier alpha value is -9.62. The summed E-state index contributed by atoms with van der Waals surface area (Å²) in [4.78, 5) is 4.47. The van der Waals surface area contributed by atoms with Gasteiger partial charge in [-0.05, 0) is 157 Å². The van der Waals surface area contributed by atoms with Crippen LogP contribution < -0.4 is 9.80 Å². The molecule has 6 heteroatoms. The molecular weight excluding hydrogens is 829 g/mol. The minimum Gasteiger partial charge on any atom is -0.310 e. The van der Waals surface area contributed by atoms with Gasteiger partial charge >= 0.3 is 0 Å². The minimum atomic E-state index is 0.599. The zero-order valence-corrected chi connectivity index (χ0v) is 37.0. The number of hydrogen-bond donors (Lipinski definition) is 0. The number of rotatable bonds is 11. The van der Waals surface area contributed by atoms with Crippen LogP contribution in [0.2, 0.25) is 0 Å². The molecule has 0 unspecified atom stereocenters. The third kappa shape index (κ3) is 7.16. The average molecular weight is 871 g/mol. The number of hydrogen-bond acceptors (Lipinski definition) is 4. The number of aromatic nitrogens is 2. The normalized spacial score (nSPS) is 11.0. The lowest BCUT2D eigenvalue weighted by molar-refractivity contribution is 1.11. The van der Waals surface area contributed by atoms with Gasteiger partial charge < -0.3 is 18.9 Å². The van der Waals surface area contributed by atoms with Crippen molar-refractivity contribution in [1.82, 2.24) is 9.13 Å². The molecule has 0 atom stereocenters. The van der Waals surface area contributed by atoms with Gasteiger partial charge in [-0.15, -0.1) is 0 Å². The van der Waals surface area contributed by atoms with Crippen LogP contribution in [0.5, 0.6) is 0 Å². The highest BCUT2D eigenvalue weighted by Crippen LogP contribution is 2.43. The van der Waals surface area contributed by atoms with Crippen LogP contribution in [0.4, 0.5) is 34.1 Å². The van der Waals surface area contributed by atoms with Gasteiger partial charge in [0.05, 0.1) is 45.5 Å². The first-order valence-corrected chi connectivity index (χ1v) is 22.4. The Morgan fingerprint density at radius 1 is 0.368 bits per heavy atom. The molecule has 11 rings (SSSR count). The van der Waals surface area contributed by atoms with Crippen molar-refractivity contribution in [2.45, 2.75) is 0 Å². The molecule has 0 radical (unpaired) electrons. The second-order valence-electron chi connectivity index (χ2n) is 16.6. The second-order valence-corrected chi connectivity index (χ2v) is 16.6. The van der Waals surface area contributed by atoms with E-state index in [1.54, 1.807) is 0 Å². The second kappa shape index (κ2) is 17.4. The molecule has 0 aliphatic carbocycles. The Morgan fingerprint density at radius 3 is 1.24 bits per heavy atom. The van der Waals surface area contributed by atoms with E-state index in [4.69, 9.17) is 0 Å². The predicted molar refractivity (Wildman–Crippen MR) is 282 cm³/mol. The molecule has 320 valence electrons. The van der Waals surface area contributed by atoms with E-state index in [0.717, 1.165) is 95.2 Å². The summed E-state index contributed by atoms with van der Waals surface area (Å²) in [7, 11) is 0. The highest BCUT2D eigenvalue weighted by Gasteiger charge is 2.21. The maximum atomic E-state index is 9.66. The summed E-state index contributed by atoms with van der Waals surface area (Å²) in [5, 5.41) is 22.7. The largest absolute Gasteiger partial charge is 0.310 e. The minimum absolute atomic E-state index is 0.599. The van der Waals surface area contributed by atoms with E-state index in [1.165, 1.54) is 5.39 Å². The SMILES string of the molecule is C=Cc1c(C=C)n(-c2ccccc2)c2ccc(N(c3ccc(C#N)cc3)c3ccc(-c4ccc(N(c5ccc(C#N)cc5)c5ccc6c(c5)c5ccccc5n6-c5ccccc5)cc4)cc3)cc12. The van der Waals surface area contributed by atoms with Gasteiger partial charge in [-0.3, -0.25) is 0 Å². The summed E-state index contributed by atoms with van der Waals surface area (Å²) in [6.07, 6.45) is 3.80. The number of nitrogens with zero attached hydrogens (tertiary/aromatic N) is 6. The first-order chi connectivity index (χ1) is 33.5. The van der Waals surface area contributed by atoms with Crippen LogP contribution in [-0.2, 0) is 0 Å². The number of fused-ring (bicyclic) bond motifs is 4. The molecule has 2 aromatic heterocycles. The molecule has 9 aromatic carbocycles. The zero-order valence-electron chi connectivity index (χ0n) is 37.0. The Balaban J connectivity index is 0.968. The summed E-state index contributed by atoms with van der Waals surface area (Å²) >= 11 is 0. The fraction of sp³-hybridized carbons (Fsp3) is 0. The van der Waals surface area contributed by atoms with Crippen LogP contribution >= 0.6 is 0 Å². The molecular formula is C62H42N6. The smallest absolute Gasteiger partial charge is 0.0991 e. The molecule has 0 aliphatic heterocycles. The highest BCUT2D eigenvalue weighted by molar-refractivity contribution is 6.10. The fourth-order valence-corrected chi connectivity index (χ4v) is 9.56. The molecule has 0 amide bonds. The highest BCUT2D eigenvalue weighted by atomic mass is 15.1. The van der Waals surface area contributed by atoms with Crippen molar-refractivity contribution >= 4 is 79.0 Å². The first-order valence-electron chi connectivity index (χ1n) is 22.4. The van der Waals surface area contributed by atoms with Gasteiger partial charge in [-0.2, -0.15) is 10.5 Å². The average Bonchev–Trinajstić information content (AvgIpc) is 3.92. The van der Waals surface area contributed by atoms with Crippen molar-refractivity contribution in [3.05, 3.63) is 254 Å². The van der Waals surface area contributed by atoms with Crippen molar-refractivity contribution < 1.29 is 0 Å². The Bertz CT molecular complexity index is 3760. The van der Waals surface area contributed by atoms with Gasteiger partial charge in [0.2, 0.25) is 0 Å². The monoisotopic (exact) mass is 870 g/mol. The molecule has 0 saturated carbocycles. The summed E-state index contributed by atoms with van der Waals surface area (Å²) in [6.45, 7) is 8.39. The summed E-state index contributed by atoms with van der Waals surface area (Å²) in [6, 6.07) is 79.8. The molecule has 6 nitrogen and oxygen atoms in total. The molecule has 11 aromatic rings. The maximum absolute atomic E-state index is 9.66. The van der Waals surface area contributed by atoms with Gasteiger partial charge in [0.15, 0.2) is 0 Å². The van der Waals surface area contributed by atoms with E-state index in [1.807, 2.05) is 84.9 Å². The number of anilines is 6. The van der Waals surface area contributed by atoms with Crippen LogP contribution in [0.3, 0.4) is 0 Å². The van der Waals surface area contributed by atoms with E-state index >= 15 is 0 Å². The lowest BCUT2D eigenvalue weighted by atomic mass is 10.0. The molecule has 0 spiro atoms. The van der Waals surface area contributed by atoms with Crippen LogP contribution in [0.25, 0.3) is 67.4 Å². The zero-order chi connectivity index (χ0) is 46.1. The first kappa shape index (κ1) is 41.1. The van der Waals surface area contributed by atoms with E-state index in [-0.39, 0.29) is 0 Å². The van der Waals surface area contributed by atoms with E-state index in [2.05, 4.69) is 190 Å². The Morgan fingerprint density at radius 2 is 0.765 bits per heavy atom. The number of nitriles is 2. The van der Waals surface area contributed by atoms with E-state index < -0.39 is 0 Å². The third-order valence-corrected chi connectivity index (χ3v) is 12.7. The maximum Gasteiger partial charge on any atom is 0.0991 e. The van der Waals surface area contributed by atoms with Crippen LogP contribution in [0.1, 0.15) is 22.4 Å². The third-order valence-electron chi connectivity index (χ3n) is 12.7. The van der Waals surface area contributed by atoms with Gasteiger partial charge in [0, 0.05) is 67.2 Å². The van der Waals surface area contributed by atoms with Gasteiger partial charge in [-0.1, -0.05) is 98.1 Å². The number of para-hydroxylation sites is 3. The molecule has 0 N–H and O–H groups in total. The van der Waals surface area contributed by atoms with Crippen LogP contribution in [0.15, 0.2) is 232 Å².